The first-order chi connectivity index (χ1) is 5.87. The van der Waals surface area contributed by atoms with Gasteiger partial charge in [0.2, 0.25) is 5.91 Å². The topological polar surface area (TPSA) is 101 Å². The molecule has 0 saturated heterocycles. The third-order valence-electron chi connectivity index (χ3n) is 1.07. The van der Waals surface area contributed by atoms with E-state index in [-0.39, 0.29) is 0 Å². The smallest absolute Gasteiger partial charge is 0.318 e. The van der Waals surface area contributed by atoms with Crippen LogP contribution in [0.25, 0.3) is 0 Å². The van der Waals surface area contributed by atoms with Crippen molar-refractivity contribution in [1.29, 1.82) is 0 Å². The van der Waals surface area contributed by atoms with Crippen molar-refractivity contribution in [3.05, 3.63) is 0 Å². The van der Waals surface area contributed by atoms with Gasteiger partial charge < -0.3 is 10.4 Å². The number of carboxylic acids is 1. The number of rotatable bonds is 5. The number of carbonyl (C=O) groups is 2. The fourth-order valence-electron chi connectivity index (χ4n) is 0.687. The monoisotopic (exact) mass is 209 g/mol. The summed E-state index contributed by atoms with van der Waals surface area (Å²) in [5.74, 6) is -3.91. The molecule has 0 aromatic rings. The summed E-state index contributed by atoms with van der Waals surface area (Å²) in [7, 11) is -3.81. The van der Waals surface area contributed by atoms with Crippen LogP contribution in [0.4, 0.5) is 0 Å². The van der Waals surface area contributed by atoms with Crippen LogP contribution in [0, 0.1) is 0 Å². The molecule has 2 N–H and O–H groups in total. The molecule has 0 aliphatic heterocycles. The lowest BCUT2D eigenvalue weighted by molar-refractivity contribution is -0.134. The van der Waals surface area contributed by atoms with Crippen molar-refractivity contribution in [3.63, 3.8) is 0 Å². The van der Waals surface area contributed by atoms with Gasteiger partial charge in [-0.1, -0.05) is 0 Å². The van der Waals surface area contributed by atoms with Crippen molar-refractivity contribution in [3.8, 4) is 0 Å². The zero-order valence-electron chi connectivity index (χ0n) is 7.11. The molecule has 0 spiro atoms. The van der Waals surface area contributed by atoms with Crippen LogP contribution >= 0.6 is 0 Å². The summed E-state index contributed by atoms with van der Waals surface area (Å²) in [6.45, 7) is 1.96. The normalized spacial score (nSPS) is 10.8. The van der Waals surface area contributed by atoms with Gasteiger partial charge in [0.15, 0.2) is 9.84 Å². The fourth-order valence-corrected chi connectivity index (χ4v) is 1.67. The molecule has 0 aromatic heterocycles. The number of amides is 1. The number of sulfone groups is 1. The Hall–Kier alpha value is -1.11. The zero-order chi connectivity index (χ0) is 10.5. The Morgan fingerprint density at radius 3 is 2.23 bits per heavy atom. The molecule has 13 heavy (non-hydrogen) atoms. The van der Waals surface area contributed by atoms with Crippen molar-refractivity contribution >= 4 is 21.7 Å². The molecule has 0 saturated carbocycles. The molecule has 1 amide bonds. The number of nitrogens with one attached hydrogen (secondary N) is 1. The Morgan fingerprint density at radius 1 is 1.31 bits per heavy atom. The minimum absolute atomic E-state index is 0.321. The van der Waals surface area contributed by atoms with Crippen molar-refractivity contribution in [2.75, 3.05) is 18.1 Å². The van der Waals surface area contributed by atoms with Crippen LogP contribution in [0.5, 0.6) is 0 Å². The number of carbonyl (C=O) groups excluding carboxylic acids is 1. The lowest BCUT2D eigenvalue weighted by Crippen LogP contribution is -2.32. The maximum atomic E-state index is 10.9. The molecule has 6 nitrogen and oxygen atoms in total. The van der Waals surface area contributed by atoms with Crippen molar-refractivity contribution in [1.82, 2.24) is 5.32 Å². The second-order valence-electron chi connectivity index (χ2n) is 2.38. The van der Waals surface area contributed by atoms with E-state index in [0.717, 1.165) is 0 Å². The Labute approximate surface area is 75.9 Å². The van der Waals surface area contributed by atoms with E-state index in [1.807, 2.05) is 0 Å². The maximum Gasteiger partial charge on any atom is 0.318 e. The lowest BCUT2D eigenvalue weighted by Gasteiger charge is -2.01. The van der Waals surface area contributed by atoms with Crippen LogP contribution in [-0.2, 0) is 19.4 Å². The molecule has 0 fully saturated rings. The summed E-state index contributed by atoms with van der Waals surface area (Å²) in [6.07, 6.45) is 0. The van der Waals surface area contributed by atoms with Gasteiger partial charge in [-0.25, -0.2) is 8.42 Å². The zero-order valence-corrected chi connectivity index (χ0v) is 7.93. The Kier molecular flexibility index (Phi) is 4.39. The first-order valence-electron chi connectivity index (χ1n) is 3.56. The molecule has 0 atom stereocenters. The standard InChI is InChI=1S/C6H11NO5S/c1-2-7-5(8)3-13(11,12)4-6(9)10/h2-4H2,1H3,(H,7,8)(H,9,10). The highest BCUT2D eigenvalue weighted by Gasteiger charge is 2.19. The third-order valence-corrected chi connectivity index (χ3v) is 2.46. The summed E-state index contributed by atoms with van der Waals surface area (Å²) < 4.78 is 21.8. The number of aliphatic carboxylic acids is 1. The van der Waals surface area contributed by atoms with Crippen LogP contribution in [0.1, 0.15) is 6.92 Å². The number of carboxylic acid groups (broad SMARTS) is 1. The van der Waals surface area contributed by atoms with E-state index in [0.29, 0.717) is 6.54 Å². The van der Waals surface area contributed by atoms with E-state index in [4.69, 9.17) is 5.11 Å². The Morgan fingerprint density at radius 2 is 1.85 bits per heavy atom. The highest BCUT2D eigenvalue weighted by molar-refractivity contribution is 7.92. The van der Waals surface area contributed by atoms with E-state index >= 15 is 0 Å². The van der Waals surface area contributed by atoms with Crippen LogP contribution in [0.15, 0.2) is 0 Å². The predicted octanol–water partition coefficient (Wildman–Crippen LogP) is -1.38. The lowest BCUT2D eigenvalue weighted by atomic mass is 10.6. The van der Waals surface area contributed by atoms with Crippen LogP contribution in [0.3, 0.4) is 0 Å². The molecule has 0 aliphatic carbocycles. The predicted molar refractivity (Wildman–Crippen MR) is 45.0 cm³/mol. The van der Waals surface area contributed by atoms with Crippen molar-refractivity contribution < 1.29 is 23.1 Å². The van der Waals surface area contributed by atoms with Crippen molar-refractivity contribution in [2.45, 2.75) is 6.92 Å². The highest BCUT2D eigenvalue weighted by atomic mass is 32.2. The van der Waals surface area contributed by atoms with Crippen LogP contribution in [0.2, 0.25) is 0 Å². The van der Waals surface area contributed by atoms with Gasteiger partial charge in [0.1, 0.15) is 11.5 Å². The second-order valence-corrected chi connectivity index (χ2v) is 4.44. The van der Waals surface area contributed by atoms with E-state index in [9.17, 15) is 18.0 Å². The quantitative estimate of drug-likeness (QED) is 0.581. The largest absolute Gasteiger partial charge is 0.480 e. The number of hydrogen-bond donors (Lipinski definition) is 2. The van der Waals surface area contributed by atoms with Gasteiger partial charge in [0.05, 0.1) is 0 Å². The van der Waals surface area contributed by atoms with E-state index < -0.39 is 33.2 Å². The average Bonchev–Trinajstić information content (AvgIpc) is 1.81. The van der Waals surface area contributed by atoms with Gasteiger partial charge >= 0.3 is 5.97 Å². The molecule has 0 aromatic carbocycles. The molecule has 76 valence electrons. The minimum atomic E-state index is -3.81. The molecule has 7 heteroatoms. The summed E-state index contributed by atoms with van der Waals surface area (Å²) in [4.78, 5) is 20.8. The van der Waals surface area contributed by atoms with Gasteiger partial charge in [-0.3, -0.25) is 9.59 Å². The average molecular weight is 209 g/mol. The summed E-state index contributed by atoms with van der Waals surface area (Å²) in [6, 6.07) is 0. The molecular formula is C6H11NO5S. The van der Waals surface area contributed by atoms with Gasteiger partial charge in [-0.15, -0.1) is 0 Å². The van der Waals surface area contributed by atoms with Crippen molar-refractivity contribution in [2.24, 2.45) is 0 Å². The van der Waals surface area contributed by atoms with Gasteiger partial charge in [0.25, 0.3) is 0 Å². The first kappa shape index (κ1) is 11.9. The second kappa shape index (κ2) is 4.80. The molecule has 0 bridgehead atoms. The molecule has 0 heterocycles. The molecule has 0 aliphatic rings. The van der Waals surface area contributed by atoms with E-state index in [1.165, 1.54) is 0 Å². The summed E-state index contributed by atoms with van der Waals surface area (Å²) in [5, 5.41) is 10.4. The summed E-state index contributed by atoms with van der Waals surface area (Å²) >= 11 is 0. The molecule has 0 rings (SSSR count). The Bertz CT molecular complexity index is 294. The Balaban J connectivity index is 4.18. The molecular weight excluding hydrogens is 198 g/mol. The fraction of sp³-hybridized carbons (Fsp3) is 0.667. The maximum absolute atomic E-state index is 10.9. The van der Waals surface area contributed by atoms with E-state index in [2.05, 4.69) is 5.32 Å². The highest BCUT2D eigenvalue weighted by Crippen LogP contribution is 1.89. The van der Waals surface area contributed by atoms with Gasteiger partial charge in [-0.05, 0) is 6.92 Å². The molecule has 0 unspecified atom stereocenters. The van der Waals surface area contributed by atoms with E-state index in [1.54, 1.807) is 6.92 Å². The third kappa shape index (κ3) is 6.09. The van der Waals surface area contributed by atoms with Crippen LogP contribution < -0.4 is 5.32 Å². The first-order valence-corrected chi connectivity index (χ1v) is 5.38. The van der Waals surface area contributed by atoms with Gasteiger partial charge in [0, 0.05) is 6.54 Å². The van der Waals surface area contributed by atoms with Gasteiger partial charge in [-0.2, -0.15) is 0 Å². The van der Waals surface area contributed by atoms with Crippen LogP contribution in [-0.4, -0.2) is 43.5 Å². The molecule has 0 radical (unpaired) electrons. The SMILES string of the molecule is CCNC(=O)CS(=O)(=O)CC(=O)O. The summed E-state index contributed by atoms with van der Waals surface area (Å²) in [5.41, 5.74) is 0. The number of hydrogen-bond acceptors (Lipinski definition) is 4. The minimum Gasteiger partial charge on any atom is -0.480 e.